The molecule has 0 aliphatic carbocycles. The molecule has 0 spiro atoms. The minimum absolute atomic E-state index is 0.00329. The third-order valence-corrected chi connectivity index (χ3v) is 1.54. The van der Waals surface area contributed by atoms with E-state index in [1.165, 1.54) is 0 Å². The summed E-state index contributed by atoms with van der Waals surface area (Å²) in [6.45, 7) is 6.25. The Morgan fingerprint density at radius 3 is 2.25 bits per heavy atom. The molecule has 0 saturated carbocycles. The Hall–Kier alpha value is -0.410. The normalized spacial score (nSPS) is 11.4. The van der Waals surface area contributed by atoms with Gasteiger partial charge in [-0.3, -0.25) is 4.79 Å². The number of hydrogen-bond donors (Lipinski definition) is 2. The number of ketones is 1. The second kappa shape index (κ2) is 10.6. The maximum absolute atomic E-state index is 10.8. The first kappa shape index (κ1) is 14.1. The Balaban J connectivity index is 0. The van der Waals surface area contributed by atoms with Gasteiger partial charge in [0.25, 0.3) is 0 Å². The molecule has 12 heavy (non-hydrogen) atoms. The van der Waals surface area contributed by atoms with E-state index in [-0.39, 0.29) is 11.8 Å². The zero-order valence-electron chi connectivity index (χ0n) is 8.68. The fourth-order valence-corrected chi connectivity index (χ4v) is 0.873. The number of hydrogen-bond acceptors (Lipinski definition) is 3. The number of likely N-dealkylation sites (N-methyl/N-ethyl adjacent to an activating group) is 1. The summed E-state index contributed by atoms with van der Waals surface area (Å²) in [4.78, 5) is 10.8. The van der Waals surface area contributed by atoms with Gasteiger partial charge in [0.05, 0.1) is 6.04 Å². The lowest BCUT2D eigenvalue weighted by Crippen LogP contribution is -2.32. The zero-order chi connectivity index (χ0) is 9.98. The number of rotatable bonds is 5. The van der Waals surface area contributed by atoms with Gasteiger partial charge in [0, 0.05) is 0 Å². The smallest absolute Gasteiger partial charge is 0.146 e. The van der Waals surface area contributed by atoms with Gasteiger partial charge in [-0.05, 0) is 33.4 Å². The topological polar surface area (TPSA) is 55.1 Å². The minimum atomic E-state index is 0.00329. The van der Waals surface area contributed by atoms with E-state index in [4.69, 9.17) is 5.73 Å². The molecule has 0 saturated heterocycles. The van der Waals surface area contributed by atoms with Crippen LogP contribution in [0.2, 0.25) is 0 Å². The largest absolute Gasteiger partial charge is 0.330 e. The molecule has 1 unspecified atom stereocenters. The van der Waals surface area contributed by atoms with Crippen molar-refractivity contribution < 1.29 is 4.79 Å². The van der Waals surface area contributed by atoms with Crippen molar-refractivity contribution >= 4 is 5.78 Å². The Bertz CT molecular complexity index is 105. The molecule has 0 fully saturated rings. The van der Waals surface area contributed by atoms with Crippen LogP contribution in [-0.2, 0) is 4.79 Å². The standard InChI is InChI=1S/C7H16N2O.C2H6/c1-6(10)7(9-2)4-3-5-8;1-2/h7,9H,3-5,8H2,1-2H3;1-2H3. The molecule has 0 aromatic rings. The number of nitrogens with one attached hydrogen (secondary N) is 1. The Morgan fingerprint density at radius 1 is 1.50 bits per heavy atom. The molecule has 0 aliphatic rings. The molecular formula is C9H22N2O. The van der Waals surface area contributed by atoms with Gasteiger partial charge in [-0.2, -0.15) is 0 Å². The van der Waals surface area contributed by atoms with Crippen LogP contribution in [0, 0.1) is 0 Å². The van der Waals surface area contributed by atoms with E-state index in [1.54, 1.807) is 14.0 Å². The van der Waals surface area contributed by atoms with Gasteiger partial charge in [0.15, 0.2) is 0 Å². The molecule has 0 aromatic heterocycles. The van der Waals surface area contributed by atoms with Crippen molar-refractivity contribution in [1.29, 1.82) is 0 Å². The lowest BCUT2D eigenvalue weighted by molar-refractivity contribution is -0.119. The third kappa shape index (κ3) is 7.69. The van der Waals surface area contributed by atoms with E-state index < -0.39 is 0 Å². The highest BCUT2D eigenvalue weighted by atomic mass is 16.1. The van der Waals surface area contributed by atoms with Crippen molar-refractivity contribution in [2.75, 3.05) is 13.6 Å². The maximum atomic E-state index is 10.8. The van der Waals surface area contributed by atoms with Crippen LogP contribution in [0.15, 0.2) is 0 Å². The maximum Gasteiger partial charge on any atom is 0.146 e. The quantitative estimate of drug-likeness (QED) is 0.652. The summed E-state index contributed by atoms with van der Waals surface area (Å²) in [7, 11) is 1.79. The zero-order valence-corrected chi connectivity index (χ0v) is 8.68. The van der Waals surface area contributed by atoms with Crippen molar-refractivity contribution in [2.24, 2.45) is 5.73 Å². The number of Topliss-reactive ketones (excluding diaryl/α,β-unsaturated/α-hetero) is 1. The number of carbonyl (C=O) groups excluding carboxylic acids is 1. The molecule has 0 aliphatic heterocycles. The fourth-order valence-electron chi connectivity index (χ4n) is 0.873. The Labute approximate surface area is 75.7 Å². The van der Waals surface area contributed by atoms with E-state index >= 15 is 0 Å². The van der Waals surface area contributed by atoms with Crippen molar-refractivity contribution in [3.8, 4) is 0 Å². The average molecular weight is 174 g/mol. The molecule has 0 heterocycles. The van der Waals surface area contributed by atoms with Crippen LogP contribution in [0.25, 0.3) is 0 Å². The van der Waals surface area contributed by atoms with Gasteiger partial charge in [0.1, 0.15) is 5.78 Å². The second-order valence-electron chi connectivity index (χ2n) is 2.38. The molecule has 3 nitrogen and oxygen atoms in total. The first-order valence-electron chi connectivity index (χ1n) is 4.60. The number of carbonyl (C=O) groups is 1. The number of nitrogens with two attached hydrogens (primary N) is 1. The van der Waals surface area contributed by atoms with Crippen LogP contribution in [0.3, 0.4) is 0 Å². The van der Waals surface area contributed by atoms with E-state index in [1.807, 2.05) is 13.8 Å². The molecule has 3 N–H and O–H groups in total. The minimum Gasteiger partial charge on any atom is -0.330 e. The molecule has 0 radical (unpaired) electrons. The highest BCUT2D eigenvalue weighted by molar-refractivity contribution is 5.81. The predicted molar refractivity (Wildman–Crippen MR) is 53.2 cm³/mol. The molecule has 74 valence electrons. The van der Waals surface area contributed by atoms with Crippen LogP contribution in [0.1, 0.15) is 33.6 Å². The highest BCUT2D eigenvalue weighted by Crippen LogP contribution is 1.95. The Kier molecular flexibility index (Phi) is 12.5. The molecule has 1 atom stereocenters. The summed E-state index contributed by atoms with van der Waals surface area (Å²) in [6.07, 6.45) is 1.76. The molecule has 0 rings (SSSR count). The lowest BCUT2D eigenvalue weighted by Gasteiger charge is -2.10. The van der Waals surface area contributed by atoms with Crippen LogP contribution in [0.5, 0.6) is 0 Å². The molecule has 0 bridgehead atoms. The SMILES string of the molecule is CC.CNC(CCCN)C(C)=O. The lowest BCUT2D eigenvalue weighted by atomic mass is 10.1. The average Bonchev–Trinajstić information content (AvgIpc) is 2.09. The third-order valence-electron chi connectivity index (χ3n) is 1.54. The van der Waals surface area contributed by atoms with Crippen LogP contribution < -0.4 is 11.1 Å². The van der Waals surface area contributed by atoms with Gasteiger partial charge in [0.2, 0.25) is 0 Å². The molecule has 0 amide bonds. The summed E-state index contributed by atoms with van der Waals surface area (Å²) in [5.74, 6) is 0.191. The summed E-state index contributed by atoms with van der Waals surface area (Å²) in [5.41, 5.74) is 5.29. The summed E-state index contributed by atoms with van der Waals surface area (Å²) >= 11 is 0. The second-order valence-corrected chi connectivity index (χ2v) is 2.38. The van der Waals surface area contributed by atoms with Crippen LogP contribution >= 0.6 is 0 Å². The monoisotopic (exact) mass is 174 g/mol. The van der Waals surface area contributed by atoms with Gasteiger partial charge >= 0.3 is 0 Å². The molecular weight excluding hydrogens is 152 g/mol. The highest BCUT2D eigenvalue weighted by Gasteiger charge is 2.08. The first-order chi connectivity index (χ1) is 5.72. The van der Waals surface area contributed by atoms with Crippen LogP contribution in [0.4, 0.5) is 0 Å². The first-order valence-corrected chi connectivity index (χ1v) is 4.60. The summed E-state index contributed by atoms with van der Waals surface area (Å²) in [5, 5.41) is 2.93. The molecule has 3 heteroatoms. The van der Waals surface area contributed by atoms with Crippen molar-refractivity contribution in [3.05, 3.63) is 0 Å². The Morgan fingerprint density at radius 2 is 2.00 bits per heavy atom. The fraction of sp³-hybridized carbons (Fsp3) is 0.889. The van der Waals surface area contributed by atoms with Gasteiger partial charge in [-0.25, -0.2) is 0 Å². The van der Waals surface area contributed by atoms with E-state index in [0.717, 1.165) is 12.8 Å². The van der Waals surface area contributed by atoms with E-state index in [2.05, 4.69) is 5.32 Å². The van der Waals surface area contributed by atoms with Crippen molar-refractivity contribution in [2.45, 2.75) is 39.7 Å². The predicted octanol–water partition coefficient (Wildman–Crippen LogP) is 0.928. The van der Waals surface area contributed by atoms with Crippen LogP contribution in [-0.4, -0.2) is 25.4 Å². The summed E-state index contributed by atoms with van der Waals surface area (Å²) < 4.78 is 0. The van der Waals surface area contributed by atoms with E-state index in [9.17, 15) is 4.79 Å². The van der Waals surface area contributed by atoms with Crippen molar-refractivity contribution in [1.82, 2.24) is 5.32 Å². The molecule has 0 aromatic carbocycles. The summed E-state index contributed by atoms with van der Waals surface area (Å²) in [6, 6.07) is 0.00329. The van der Waals surface area contributed by atoms with Gasteiger partial charge < -0.3 is 11.1 Å². The van der Waals surface area contributed by atoms with Gasteiger partial charge in [-0.1, -0.05) is 13.8 Å². The van der Waals surface area contributed by atoms with E-state index in [0.29, 0.717) is 6.54 Å². The van der Waals surface area contributed by atoms with Crippen molar-refractivity contribution in [3.63, 3.8) is 0 Å². The van der Waals surface area contributed by atoms with Gasteiger partial charge in [-0.15, -0.1) is 0 Å².